The van der Waals surface area contributed by atoms with Crippen LogP contribution in [0.1, 0.15) is 21.6 Å². The van der Waals surface area contributed by atoms with Gasteiger partial charge in [0.05, 0.1) is 6.54 Å². The Kier molecular flexibility index (Phi) is 2.24. The van der Waals surface area contributed by atoms with Gasteiger partial charge in [-0.1, -0.05) is 24.3 Å². The average molecular weight is 267 g/mol. The molecule has 0 fully saturated rings. The Labute approximate surface area is 115 Å². The van der Waals surface area contributed by atoms with Crippen molar-refractivity contribution in [3.8, 4) is 0 Å². The molecule has 100 valence electrons. The van der Waals surface area contributed by atoms with Gasteiger partial charge in [-0.05, 0) is 11.1 Å². The summed E-state index contributed by atoms with van der Waals surface area (Å²) in [5.41, 5.74) is 2.69. The smallest absolute Gasteiger partial charge is 0.274 e. The number of carbonyl (C=O) groups excluding carboxylic acids is 1. The van der Waals surface area contributed by atoms with E-state index in [9.17, 15) is 9.59 Å². The van der Waals surface area contributed by atoms with Gasteiger partial charge in [-0.2, -0.15) is 0 Å². The molecule has 1 aromatic heterocycles. The van der Waals surface area contributed by atoms with Crippen molar-refractivity contribution < 1.29 is 4.79 Å². The number of hydrogen-bond acceptors (Lipinski definition) is 3. The first-order valence-corrected chi connectivity index (χ1v) is 6.56. The van der Waals surface area contributed by atoms with Crippen LogP contribution >= 0.6 is 0 Å². The summed E-state index contributed by atoms with van der Waals surface area (Å²) in [5.74, 6) is -0.0874. The molecule has 0 aliphatic carbocycles. The molecular weight excluding hydrogens is 254 g/mol. The number of amides is 1. The van der Waals surface area contributed by atoms with E-state index in [2.05, 4.69) is 17.1 Å². The summed E-state index contributed by atoms with van der Waals surface area (Å²) >= 11 is 0. The minimum Gasteiger partial charge on any atom is -0.314 e. The first kappa shape index (κ1) is 11.3. The highest BCUT2D eigenvalue weighted by atomic mass is 16.2. The van der Waals surface area contributed by atoms with Crippen LogP contribution in [0.5, 0.6) is 0 Å². The van der Waals surface area contributed by atoms with Crippen LogP contribution in [0.2, 0.25) is 0 Å². The Bertz CT molecular complexity index is 766. The maximum Gasteiger partial charge on any atom is 0.274 e. The highest BCUT2D eigenvalue weighted by Gasteiger charge is 2.31. The maximum atomic E-state index is 12.5. The van der Waals surface area contributed by atoms with E-state index in [0.717, 1.165) is 6.54 Å². The number of carbonyl (C=O) groups is 1. The van der Waals surface area contributed by atoms with Crippen LogP contribution in [0.3, 0.4) is 0 Å². The molecular formula is C15H13N3O2. The van der Waals surface area contributed by atoms with E-state index >= 15 is 0 Å². The van der Waals surface area contributed by atoms with E-state index in [1.807, 2.05) is 12.1 Å². The van der Waals surface area contributed by atoms with Gasteiger partial charge < -0.3 is 4.90 Å². The number of hydrogen-bond donors (Lipinski definition) is 0. The Hall–Kier alpha value is -2.56. The summed E-state index contributed by atoms with van der Waals surface area (Å²) < 4.78 is 1.79. The van der Waals surface area contributed by atoms with Crippen LogP contribution in [-0.4, -0.2) is 22.2 Å². The third-order valence-corrected chi connectivity index (χ3v) is 3.88. The standard InChI is InChI=1S/C15H13N3O2/c19-13-5-6-18-14(7-13)15(20)16-8-11-3-1-2-4-12(11)9-17(18)10-16/h1-7H,8-10H2. The highest BCUT2D eigenvalue weighted by Crippen LogP contribution is 2.23. The average Bonchev–Trinajstić information content (AvgIpc) is 2.62. The molecule has 0 saturated heterocycles. The zero-order valence-corrected chi connectivity index (χ0v) is 10.8. The summed E-state index contributed by atoms with van der Waals surface area (Å²) in [4.78, 5) is 25.8. The SMILES string of the molecule is O=C1c2cc(=O)ccn2N2Cc3ccccc3CN1C2. The van der Waals surface area contributed by atoms with E-state index in [1.54, 1.807) is 15.8 Å². The van der Waals surface area contributed by atoms with Crippen LogP contribution in [0.25, 0.3) is 0 Å². The van der Waals surface area contributed by atoms with Crippen LogP contribution in [0, 0.1) is 0 Å². The molecule has 1 amide bonds. The van der Waals surface area contributed by atoms with Gasteiger partial charge in [0.1, 0.15) is 12.4 Å². The van der Waals surface area contributed by atoms with Crippen LogP contribution < -0.4 is 10.4 Å². The zero-order valence-electron chi connectivity index (χ0n) is 10.8. The molecule has 4 rings (SSSR count). The largest absolute Gasteiger partial charge is 0.314 e. The third-order valence-electron chi connectivity index (χ3n) is 3.88. The van der Waals surface area contributed by atoms with Gasteiger partial charge in [0.2, 0.25) is 0 Å². The number of benzene rings is 1. The van der Waals surface area contributed by atoms with E-state index in [-0.39, 0.29) is 11.3 Å². The lowest BCUT2D eigenvalue weighted by Gasteiger charge is -2.37. The Morgan fingerprint density at radius 3 is 2.50 bits per heavy atom. The van der Waals surface area contributed by atoms with Gasteiger partial charge in [0.25, 0.3) is 5.91 Å². The molecule has 0 radical (unpaired) electrons. The molecule has 2 aliphatic heterocycles. The second kappa shape index (κ2) is 3.96. The van der Waals surface area contributed by atoms with Crippen LogP contribution in [-0.2, 0) is 13.1 Å². The van der Waals surface area contributed by atoms with Crippen molar-refractivity contribution >= 4 is 5.91 Å². The molecule has 0 spiro atoms. The number of aromatic nitrogens is 1. The zero-order chi connectivity index (χ0) is 13.7. The first-order chi connectivity index (χ1) is 9.72. The van der Waals surface area contributed by atoms with Gasteiger partial charge in [-0.15, -0.1) is 0 Å². The second-order valence-electron chi connectivity index (χ2n) is 5.17. The molecule has 0 N–H and O–H groups in total. The lowest BCUT2D eigenvalue weighted by molar-refractivity contribution is 0.0685. The molecule has 0 atom stereocenters. The minimum atomic E-state index is -0.136. The minimum absolute atomic E-state index is 0.0874. The monoisotopic (exact) mass is 267 g/mol. The van der Waals surface area contributed by atoms with Crippen molar-refractivity contribution in [2.45, 2.75) is 13.1 Å². The van der Waals surface area contributed by atoms with Crippen molar-refractivity contribution in [3.05, 3.63) is 69.6 Å². The molecule has 2 aliphatic rings. The van der Waals surface area contributed by atoms with Crippen molar-refractivity contribution in [3.63, 3.8) is 0 Å². The van der Waals surface area contributed by atoms with Crippen LogP contribution in [0.4, 0.5) is 0 Å². The van der Waals surface area contributed by atoms with E-state index < -0.39 is 0 Å². The fourth-order valence-corrected chi connectivity index (χ4v) is 2.89. The van der Waals surface area contributed by atoms with Gasteiger partial charge in [-0.3, -0.25) is 19.3 Å². The van der Waals surface area contributed by atoms with Crippen molar-refractivity contribution in [1.29, 1.82) is 0 Å². The predicted molar refractivity (Wildman–Crippen MR) is 73.8 cm³/mol. The van der Waals surface area contributed by atoms with E-state index in [1.165, 1.54) is 23.3 Å². The molecule has 0 unspecified atom stereocenters. The second-order valence-corrected chi connectivity index (χ2v) is 5.17. The number of rotatable bonds is 0. The lowest BCUT2D eigenvalue weighted by atomic mass is 10.1. The van der Waals surface area contributed by atoms with Crippen molar-refractivity contribution in [1.82, 2.24) is 9.58 Å². The van der Waals surface area contributed by atoms with Crippen molar-refractivity contribution in [2.24, 2.45) is 0 Å². The fraction of sp³-hybridized carbons (Fsp3) is 0.200. The van der Waals surface area contributed by atoms with Gasteiger partial charge >= 0.3 is 0 Å². The molecule has 2 aromatic rings. The summed E-state index contributed by atoms with van der Waals surface area (Å²) in [5, 5.41) is 2.07. The molecule has 5 nitrogen and oxygen atoms in total. The predicted octanol–water partition coefficient (Wildman–Crippen LogP) is 0.913. The topological polar surface area (TPSA) is 45.6 Å². The van der Waals surface area contributed by atoms with Crippen LogP contribution in [0.15, 0.2) is 47.4 Å². The number of nitrogens with zero attached hydrogens (tertiary/aromatic N) is 3. The third kappa shape index (κ3) is 1.56. The summed E-state index contributed by atoms with van der Waals surface area (Å²) in [7, 11) is 0. The summed E-state index contributed by atoms with van der Waals surface area (Å²) in [6.45, 7) is 1.87. The molecule has 20 heavy (non-hydrogen) atoms. The molecule has 0 saturated carbocycles. The molecule has 3 heterocycles. The molecule has 5 heteroatoms. The highest BCUT2D eigenvalue weighted by molar-refractivity contribution is 5.93. The van der Waals surface area contributed by atoms with Gasteiger partial charge in [0, 0.05) is 24.9 Å². The van der Waals surface area contributed by atoms with Gasteiger partial charge in [-0.25, -0.2) is 0 Å². The Balaban J connectivity index is 1.90. The quantitative estimate of drug-likeness (QED) is 0.713. The first-order valence-electron chi connectivity index (χ1n) is 6.56. The summed E-state index contributed by atoms with van der Waals surface area (Å²) in [6, 6.07) is 11.0. The Morgan fingerprint density at radius 2 is 1.70 bits per heavy atom. The number of fused-ring (bicyclic) bond motifs is 5. The molecule has 1 aromatic carbocycles. The Morgan fingerprint density at radius 1 is 0.950 bits per heavy atom. The van der Waals surface area contributed by atoms with Gasteiger partial charge in [0.15, 0.2) is 5.43 Å². The normalized spacial score (nSPS) is 16.5. The van der Waals surface area contributed by atoms with E-state index in [0.29, 0.717) is 18.9 Å². The fourth-order valence-electron chi connectivity index (χ4n) is 2.89. The van der Waals surface area contributed by atoms with Crippen molar-refractivity contribution in [2.75, 3.05) is 11.7 Å². The van der Waals surface area contributed by atoms with E-state index in [4.69, 9.17) is 0 Å². The molecule has 2 bridgehead atoms. The summed E-state index contributed by atoms with van der Waals surface area (Å²) in [6.07, 6.45) is 1.68. The number of pyridine rings is 1. The maximum absolute atomic E-state index is 12.5. The lowest BCUT2D eigenvalue weighted by Crippen LogP contribution is -2.51.